The van der Waals surface area contributed by atoms with E-state index in [1.165, 1.54) is 24.3 Å². The largest absolute Gasteiger partial charge is 0.338 e. The van der Waals surface area contributed by atoms with Crippen molar-refractivity contribution in [1.82, 2.24) is 10.6 Å². The lowest BCUT2D eigenvalue weighted by molar-refractivity contribution is 0.0879. The average Bonchev–Trinajstić information content (AvgIpc) is 2.90. The topological polar surface area (TPSA) is 87.3 Å². The lowest BCUT2D eigenvalue weighted by Gasteiger charge is -2.08. The lowest BCUT2D eigenvalue weighted by atomic mass is 10.1. The highest BCUT2D eigenvalue weighted by molar-refractivity contribution is 7.99. The highest BCUT2D eigenvalue weighted by Gasteiger charge is 2.26. The van der Waals surface area contributed by atoms with Crippen molar-refractivity contribution in [2.75, 3.05) is 17.6 Å². The molecule has 26 heavy (non-hydrogen) atoms. The summed E-state index contributed by atoms with van der Waals surface area (Å²) in [6.45, 7) is 0.476. The van der Waals surface area contributed by atoms with Crippen LogP contribution in [0.2, 0.25) is 0 Å². The fraction of sp³-hybridized carbons (Fsp3) is 0.167. The highest BCUT2D eigenvalue weighted by atomic mass is 32.2. The Morgan fingerprint density at radius 2 is 1.77 bits per heavy atom. The van der Waals surface area contributed by atoms with Crippen LogP contribution in [0.5, 0.6) is 0 Å². The molecule has 3 N–H and O–H groups in total. The molecule has 0 spiro atoms. The Balaban J connectivity index is 1.41. The summed E-state index contributed by atoms with van der Waals surface area (Å²) in [5.41, 5.74) is 0.995. The van der Waals surface area contributed by atoms with Gasteiger partial charge in [0.2, 0.25) is 0 Å². The maximum atomic E-state index is 12.8. The van der Waals surface area contributed by atoms with Gasteiger partial charge in [-0.25, -0.2) is 9.18 Å². The summed E-state index contributed by atoms with van der Waals surface area (Å²) in [7, 11) is 0. The van der Waals surface area contributed by atoms with Gasteiger partial charge in [0.1, 0.15) is 5.82 Å². The van der Waals surface area contributed by atoms with Gasteiger partial charge in [0.05, 0.1) is 11.1 Å². The van der Waals surface area contributed by atoms with Crippen LogP contribution < -0.4 is 16.0 Å². The minimum atomic E-state index is -0.466. The molecule has 0 unspecified atom stereocenters. The minimum Gasteiger partial charge on any atom is -0.338 e. The summed E-state index contributed by atoms with van der Waals surface area (Å²) < 4.78 is 12.8. The average molecular weight is 373 g/mol. The fourth-order valence-corrected chi connectivity index (χ4v) is 3.27. The maximum Gasteiger partial charge on any atom is 0.319 e. The second kappa shape index (κ2) is 8.01. The van der Waals surface area contributed by atoms with Gasteiger partial charge < -0.3 is 10.6 Å². The molecule has 0 aromatic heterocycles. The molecule has 1 aliphatic heterocycles. The molecule has 2 aromatic rings. The number of carbonyl (C=O) groups is 3. The van der Waals surface area contributed by atoms with Crippen LogP contribution in [0, 0.1) is 5.82 Å². The smallest absolute Gasteiger partial charge is 0.319 e. The zero-order valence-corrected chi connectivity index (χ0v) is 14.5. The number of anilines is 1. The van der Waals surface area contributed by atoms with E-state index < -0.39 is 11.8 Å². The van der Waals surface area contributed by atoms with Crippen molar-refractivity contribution in [1.29, 1.82) is 0 Å². The summed E-state index contributed by atoms with van der Waals surface area (Å²) in [5.74, 6) is -0.375. The van der Waals surface area contributed by atoms with Crippen LogP contribution >= 0.6 is 11.8 Å². The molecule has 0 saturated carbocycles. The van der Waals surface area contributed by atoms with Crippen molar-refractivity contribution < 1.29 is 18.8 Å². The molecular formula is C18H16FN3O3S. The summed E-state index contributed by atoms with van der Waals surface area (Å²) in [6, 6.07) is 10.4. The Hall–Kier alpha value is -2.87. The number of nitrogens with one attached hydrogen (secondary N) is 3. The first-order chi connectivity index (χ1) is 12.5. The predicted molar refractivity (Wildman–Crippen MR) is 97.0 cm³/mol. The summed E-state index contributed by atoms with van der Waals surface area (Å²) in [5, 5.41) is 7.55. The molecule has 3 rings (SSSR count). The first-order valence-electron chi connectivity index (χ1n) is 7.96. The van der Waals surface area contributed by atoms with Crippen LogP contribution in [0.4, 0.5) is 14.9 Å². The van der Waals surface area contributed by atoms with Gasteiger partial charge in [-0.2, -0.15) is 0 Å². The number of thioether (sulfide) groups is 1. The Labute approximate surface area is 153 Å². The molecule has 8 heteroatoms. The molecule has 0 bridgehead atoms. The number of halogens is 1. The molecule has 1 heterocycles. The molecule has 0 atom stereocenters. The zero-order chi connectivity index (χ0) is 18.5. The van der Waals surface area contributed by atoms with Gasteiger partial charge in [-0.1, -0.05) is 0 Å². The third-order valence-corrected chi connectivity index (χ3v) is 4.78. The van der Waals surface area contributed by atoms with Gasteiger partial charge in [0.25, 0.3) is 11.8 Å². The third-order valence-electron chi connectivity index (χ3n) is 3.68. The van der Waals surface area contributed by atoms with E-state index in [-0.39, 0.29) is 17.4 Å². The lowest BCUT2D eigenvalue weighted by Crippen LogP contribution is -2.29. The first-order valence-corrected chi connectivity index (χ1v) is 8.94. The second-order valence-corrected chi connectivity index (χ2v) is 6.75. The molecule has 6 nitrogen and oxygen atoms in total. The molecular weight excluding hydrogens is 357 g/mol. The van der Waals surface area contributed by atoms with Crippen LogP contribution in [-0.4, -0.2) is 30.1 Å². The molecule has 134 valence electrons. The van der Waals surface area contributed by atoms with E-state index in [4.69, 9.17) is 0 Å². The van der Waals surface area contributed by atoms with Crippen LogP contribution in [-0.2, 0) is 0 Å². The van der Waals surface area contributed by atoms with E-state index in [2.05, 4.69) is 16.0 Å². The van der Waals surface area contributed by atoms with Crippen molar-refractivity contribution in [3.05, 3.63) is 59.4 Å². The number of hydrogen-bond donors (Lipinski definition) is 3. The number of hydrogen-bond acceptors (Lipinski definition) is 4. The number of carbonyl (C=O) groups excluding carboxylic acids is 3. The quantitative estimate of drug-likeness (QED) is 0.413. The van der Waals surface area contributed by atoms with Gasteiger partial charge in [0.15, 0.2) is 0 Å². The van der Waals surface area contributed by atoms with Crippen molar-refractivity contribution in [2.24, 2.45) is 0 Å². The molecule has 4 amide bonds. The molecule has 1 aliphatic rings. The van der Waals surface area contributed by atoms with E-state index in [0.717, 1.165) is 17.1 Å². The van der Waals surface area contributed by atoms with E-state index in [1.807, 2.05) is 0 Å². The van der Waals surface area contributed by atoms with E-state index in [1.54, 1.807) is 30.0 Å². The fourth-order valence-electron chi connectivity index (χ4n) is 2.42. The Kier molecular flexibility index (Phi) is 5.52. The monoisotopic (exact) mass is 373 g/mol. The number of benzene rings is 2. The maximum absolute atomic E-state index is 12.8. The number of urea groups is 1. The summed E-state index contributed by atoms with van der Waals surface area (Å²) in [6.07, 6.45) is 0.747. The second-order valence-electron chi connectivity index (χ2n) is 5.58. The number of amides is 4. The minimum absolute atomic E-state index is 0.253. The van der Waals surface area contributed by atoms with Crippen LogP contribution in [0.25, 0.3) is 0 Å². The molecule has 2 aromatic carbocycles. The van der Waals surface area contributed by atoms with Crippen LogP contribution in [0.15, 0.2) is 47.4 Å². The molecule has 0 saturated heterocycles. The Bertz CT molecular complexity index is 855. The third kappa shape index (κ3) is 4.40. The predicted octanol–water partition coefficient (Wildman–Crippen LogP) is 3.01. The molecule has 0 fully saturated rings. The normalized spacial score (nSPS) is 12.5. The van der Waals surface area contributed by atoms with Gasteiger partial charge in [-0.3, -0.25) is 14.9 Å². The number of imide groups is 1. The van der Waals surface area contributed by atoms with Crippen molar-refractivity contribution in [2.45, 2.75) is 11.3 Å². The highest BCUT2D eigenvalue weighted by Crippen LogP contribution is 2.20. The molecule has 0 aliphatic carbocycles. The van der Waals surface area contributed by atoms with Crippen LogP contribution in [0.1, 0.15) is 27.1 Å². The summed E-state index contributed by atoms with van der Waals surface area (Å²) in [4.78, 5) is 36.0. The van der Waals surface area contributed by atoms with E-state index in [9.17, 15) is 18.8 Å². The Morgan fingerprint density at radius 3 is 2.54 bits per heavy atom. The van der Waals surface area contributed by atoms with Gasteiger partial charge in [0, 0.05) is 17.1 Å². The van der Waals surface area contributed by atoms with E-state index in [0.29, 0.717) is 17.8 Å². The van der Waals surface area contributed by atoms with E-state index >= 15 is 0 Å². The summed E-state index contributed by atoms with van der Waals surface area (Å²) >= 11 is 1.58. The van der Waals surface area contributed by atoms with Crippen molar-refractivity contribution >= 4 is 35.3 Å². The number of rotatable bonds is 6. The van der Waals surface area contributed by atoms with Gasteiger partial charge in [-0.15, -0.1) is 11.8 Å². The molecule has 0 radical (unpaired) electrons. The Morgan fingerprint density at radius 1 is 1.04 bits per heavy atom. The van der Waals surface area contributed by atoms with Crippen molar-refractivity contribution in [3.63, 3.8) is 0 Å². The number of fused-ring (bicyclic) bond motifs is 1. The first kappa shape index (κ1) is 17.9. The van der Waals surface area contributed by atoms with Gasteiger partial charge in [-0.05, 0) is 54.6 Å². The van der Waals surface area contributed by atoms with Crippen molar-refractivity contribution in [3.8, 4) is 0 Å². The SMILES string of the molecule is O=C(NCCCSc1ccc(F)cc1)Nc1ccc2c(c1)C(=O)NC2=O. The van der Waals surface area contributed by atoms with Crippen LogP contribution in [0.3, 0.4) is 0 Å². The zero-order valence-electron chi connectivity index (χ0n) is 13.7. The standard InChI is InChI=1S/C18H16FN3O3S/c19-11-2-5-13(6-3-11)26-9-1-8-20-18(25)21-12-4-7-14-15(10-12)17(24)22-16(14)23/h2-7,10H,1,8-9H2,(H2,20,21,25)(H,22,23,24). The van der Waals surface area contributed by atoms with Gasteiger partial charge >= 0.3 is 6.03 Å².